The maximum atomic E-state index is 3.54. The zero-order valence-electron chi connectivity index (χ0n) is 6.82. The van der Waals surface area contributed by atoms with Gasteiger partial charge in [-0.25, -0.2) is 0 Å². The Morgan fingerprint density at radius 3 is 2.80 bits per heavy atom. The summed E-state index contributed by atoms with van der Waals surface area (Å²) in [7, 11) is 0. The largest absolute Gasteiger partial charge is 0.308 e. The van der Waals surface area contributed by atoms with Crippen LogP contribution >= 0.6 is 0 Å². The molecule has 1 aliphatic heterocycles. The molecule has 10 heavy (non-hydrogen) atoms. The van der Waals surface area contributed by atoms with Crippen LogP contribution in [0.5, 0.6) is 0 Å². The second kappa shape index (κ2) is 2.23. The van der Waals surface area contributed by atoms with E-state index in [2.05, 4.69) is 12.2 Å². The van der Waals surface area contributed by atoms with Crippen LogP contribution in [-0.4, -0.2) is 12.1 Å². The predicted octanol–water partition coefficient (Wildman–Crippen LogP) is 1.93. The first-order valence-corrected chi connectivity index (χ1v) is 4.58. The number of rotatable bonds is 0. The smallest absolute Gasteiger partial charge is 0.0332 e. The van der Waals surface area contributed by atoms with Gasteiger partial charge in [-0.1, -0.05) is 26.2 Å². The average molecular weight is 139 g/mol. The van der Waals surface area contributed by atoms with Crippen molar-refractivity contribution in [2.75, 3.05) is 6.54 Å². The molecule has 58 valence electrons. The van der Waals surface area contributed by atoms with Crippen molar-refractivity contribution in [3.63, 3.8) is 0 Å². The topological polar surface area (TPSA) is 21.9 Å². The lowest BCUT2D eigenvalue weighted by atomic mass is 9.89. The van der Waals surface area contributed by atoms with Crippen LogP contribution in [0, 0.1) is 5.92 Å². The van der Waals surface area contributed by atoms with Crippen molar-refractivity contribution >= 4 is 0 Å². The Hall–Kier alpha value is -0.0400. The summed E-state index contributed by atoms with van der Waals surface area (Å²) in [6, 6.07) is 0. The van der Waals surface area contributed by atoms with E-state index in [-0.39, 0.29) is 0 Å². The van der Waals surface area contributed by atoms with E-state index in [0.717, 1.165) is 5.92 Å². The lowest BCUT2D eigenvalue weighted by Gasteiger charge is -2.17. The highest BCUT2D eigenvalue weighted by Gasteiger charge is 2.46. The normalized spacial score (nSPS) is 47.1. The summed E-state index contributed by atoms with van der Waals surface area (Å²) >= 11 is 0. The molecule has 0 aromatic carbocycles. The number of nitrogens with one attached hydrogen (secondary N) is 1. The van der Waals surface area contributed by atoms with Gasteiger partial charge >= 0.3 is 0 Å². The zero-order chi connectivity index (χ0) is 7.03. The molecule has 2 rings (SSSR count). The molecule has 1 spiro atoms. The van der Waals surface area contributed by atoms with Crippen LogP contribution in [0.1, 0.15) is 39.0 Å². The monoisotopic (exact) mass is 139 g/mol. The van der Waals surface area contributed by atoms with E-state index in [4.69, 9.17) is 0 Å². The van der Waals surface area contributed by atoms with Gasteiger partial charge in [-0.15, -0.1) is 0 Å². The fourth-order valence-corrected chi connectivity index (χ4v) is 2.23. The van der Waals surface area contributed by atoms with Crippen LogP contribution in [0.25, 0.3) is 0 Å². The van der Waals surface area contributed by atoms with E-state index >= 15 is 0 Å². The summed E-state index contributed by atoms with van der Waals surface area (Å²) in [5, 5.41) is 3.54. The predicted molar refractivity (Wildman–Crippen MR) is 43.0 cm³/mol. The third kappa shape index (κ3) is 0.968. The van der Waals surface area contributed by atoms with E-state index in [1.165, 1.54) is 38.6 Å². The summed E-state index contributed by atoms with van der Waals surface area (Å²) in [5.74, 6) is 0.940. The molecule has 0 aromatic heterocycles. The molecule has 2 fully saturated rings. The summed E-state index contributed by atoms with van der Waals surface area (Å²) in [5.41, 5.74) is 0.622. The van der Waals surface area contributed by atoms with Crippen molar-refractivity contribution in [3.05, 3.63) is 0 Å². The molecule has 1 heteroatoms. The van der Waals surface area contributed by atoms with Crippen LogP contribution in [0.3, 0.4) is 0 Å². The van der Waals surface area contributed by atoms with Crippen molar-refractivity contribution in [2.45, 2.75) is 44.6 Å². The van der Waals surface area contributed by atoms with Gasteiger partial charge in [-0.2, -0.15) is 0 Å². The molecule has 1 nitrogen and oxygen atoms in total. The molecular formula is C9H17N. The minimum atomic E-state index is 0.622. The van der Waals surface area contributed by atoms with Crippen molar-refractivity contribution in [1.29, 1.82) is 0 Å². The number of hydrogen-bond acceptors (Lipinski definition) is 1. The van der Waals surface area contributed by atoms with Crippen molar-refractivity contribution in [2.24, 2.45) is 5.92 Å². The van der Waals surface area contributed by atoms with Gasteiger partial charge in [0.05, 0.1) is 0 Å². The molecule has 0 aromatic rings. The van der Waals surface area contributed by atoms with Crippen LogP contribution in [0.2, 0.25) is 0 Å². The fraction of sp³-hybridized carbons (Fsp3) is 1.00. The first-order valence-electron chi connectivity index (χ1n) is 4.58. The maximum Gasteiger partial charge on any atom is 0.0332 e. The third-order valence-electron chi connectivity index (χ3n) is 3.33. The van der Waals surface area contributed by atoms with E-state index in [1.807, 2.05) is 0 Å². The lowest BCUT2D eigenvalue weighted by Crippen LogP contribution is -2.23. The Bertz CT molecular complexity index is 127. The van der Waals surface area contributed by atoms with Gasteiger partial charge in [-0.3, -0.25) is 0 Å². The van der Waals surface area contributed by atoms with Crippen molar-refractivity contribution in [1.82, 2.24) is 5.32 Å². The standard InChI is InChI=1S/C9H17N/c1-8-5-3-2-4-6-9(8)7-10-9/h8,10H,2-7H2,1H3/t8?,9-/m1/s1. The van der Waals surface area contributed by atoms with E-state index < -0.39 is 0 Å². The second-order valence-electron chi connectivity index (χ2n) is 4.01. The van der Waals surface area contributed by atoms with E-state index in [0.29, 0.717) is 5.54 Å². The van der Waals surface area contributed by atoms with Crippen LogP contribution in [-0.2, 0) is 0 Å². The van der Waals surface area contributed by atoms with Gasteiger partial charge in [0.1, 0.15) is 0 Å². The van der Waals surface area contributed by atoms with Gasteiger partial charge in [0.15, 0.2) is 0 Å². The third-order valence-corrected chi connectivity index (χ3v) is 3.33. The molecular weight excluding hydrogens is 122 g/mol. The van der Waals surface area contributed by atoms with Gasteiger partial charge in [0, 0.05) is 12.1 Å². The zero-order valence-corrected chi connectivity index (χ0v) is 6.82. The first-order chi connectivity index (χ1) is 4.83. The molecule has 1 heterocycles. The quantitative estimate of drug-likeness (QED) is 0.509. The highest BCUT2D eigenvalue weighted by atomic mass is 15.2. The van der Waals surface area contributed by atoms with Crippen LogP contribution in [0.4, 0.5) is 0 Å². The second-order valence-corrected chi connectivity index (χ2v) is 4.01. The summed E-state index contributed by atoms with van der Waals surface area (Å²) in [4.78, 5) is 0. The minimum Gasteiger partial charge on any atom is -0.308 e. The Morgan fingerprint density at radius 2 is 2.10 bits per heavy atom. The Morgan fingerprint density at radius 1 is 1.30 bits per heavy atom. The molecule has 1 saturated heterocycles. The first kappa shape index (κ1) is 6.66. The molecule has 1 N–H and O–H groups in total. The van der Waals surface area contributed by atoms with E-state index in [9.17, 15) is 0 Å². The molecule has 0 bridgehead atoms. The Kier molecular flexibility index (Phi) is 1.48. The molecule has 1 saturated carbocycles. The van der Waals surface area contributed by atoms with Gasteiger partial charge in [-0.05, 0) is 18.8 Å². The van der Waals surface area contributed by atoms with Gasteiger partial charge in [0.2, 0.25) is 0 Å². The molecule has 2 aliphatic rings. The highest BCUT2D eigenvalue weighted by Crippen LogP contribution is 2.38. The lowest BCUT2D eigenvalue weighted by molar-refractivity contribution is 0.397. The molecule has 1 aliphatic carbocycles. The van der Waals surface area contributed by atoms with Crippen molar-refractivity contribution in [3.8, 4) is 0 Å². The van der Waals surface area contributed by atoms with Crippen molar-refractivity contribution < 1.29 is 0 Å². The van der Waals surface area contributed by atoms with Gasteiger partial charge < -0.3 is 5.32 Å². The molecule has 0 amide bonds. The molecule has 2 atom stereocenters. The summed E-state index contributed by atoms with van der Waals surface area (Å²) in [6.07, 6.45) is 7.27. The number of hydrogen-bond donors (Lipinski definition) is 1. The highest BCUT2D eigenvalue weighted by molar-refractivity contribution is 5.07. The van der Waals surface area contributed by atoms with Crippen LogP contribution in [0.15, 0.2) is 0 Å². The van der Waals surface area contributed by atoms with E-state index in [1.54, 1.807) is 0 Å². The summed E-state index contributed by atoms with van der Waals surface area (Å²) in [6.45, 7) is 3.71. The van der Waals surface area contributed by atoms with Gasteiger partial charge in [0.25, 0.3) is 0 Å². The SMILES string of the molecule is CC1CCCCC[C@@]12CN2. The average Bonchev–Trinajstić information content (AvgIpc) is 2.69. The maximum absolute atomic E-state index is 3.54. The molecule has 0 radical (unpaired) electrons. The molecule has 1 unspecified atom stereocenters. The Labute approximate surface area is 63.2 Å². The minimum absolute atomic E-state index is 0.622. The Balaban J connectivity index is 2.02. The fourth-order valence-electron chi connectivity index (χ4n) is 2.23. The van der Waals surface area contributed by atoms with Crippen LogP contribution < -0.4 is 5.32 Å². The summed E-state index contributed by atoms with van der Waals surface area (Å²) < 4.78 is 0.